The molecule has 2 N–H and O–H groups in total. The smallest absolute Gasteiger partial charge is 0.259 e. The van der Waals surface area contributed by atoms with Gasteiger partial charge in [0.05, 0.1) is 30.0 Å². The van der Waals surface area contributed by atoms with Gasteiger partial charge in [-0.15, -0.1) is 0 Å². The van der Waals surface area contributed by atoms with Crippen LogP contribution < -0.4 is 20.8 Å². The van der Waals surface area contributed by atoms with E-state index >= 15 is 0 Å². The SMILES string of the molecule is [B]c1ccc(NC(=O)c2cc(OC)ccc2NC(=O)c2ccc(C#N)cc2)nc1. The van der Waals surface area contributed by atoms with Gasteiger partial charge in [-0.25, -0.2) is 4.98 Å². The number of hydrogen-bond donors (Lipinski definition) is 2. The fourth-order valence-corrected chi connectivity index (χ4v) is 2.50. The van der Waals surface area contributed by atoms with Crippen molar-refractivity contribution in [2.75, 3.05) is 17.7 Å². The van der Waals surface area contributed by atoms with Gasteiger partial charge in [-0.05, 0) is 48.5 Å². The average Bonchev–Trinajstić information content (AvgIpc) is 2.75. The van der Waals surface area contributed by atoms with Crippen molar-refractivity contribution in [1.29, 1.82) is 5.26 Å². The lowest BCUT2D eigenvalue weighted by Gasteiger charge is -2.13. The standard InChI is InChI=1S/C21H15BN4O3/c1-29-16-7-8-18(25-20(27)14-4-2-13(11-23)3-5-14)17(10-16)21(28)26-19-9-6-15(22)12-24-19/h2-10,12H,1H3,(H,25,27)(H,24,26,28). The van der Waals surface area contributed by atoms with Gasteiger partial charge in [-0.2, -0.15) is 5.26 Å². The molecule has 0 aliphatic carbocycles. The molecule has 2 radical (unpaired) electrons. The van der Waals surface area contributed by atoms with Crippen molar-refractivity contribution in [2.24, 2.45) is 0 Å². The number of nitriles is 1. The van der Waals surface area contributed by atoms with E-state index in [9.17, 15) is 9.59 Å². The Morgan fingerprint density at radius 3 is 2.41 bits per heavy atom. The van der Waals surface area contributed by atoms with Gasteiger partial charge in [-0.3, -0.25) is 9.59 Å². The fraction of sp³-hybridized carbons (Fsp3) is 0.0476. The third-order valence-corrected chi connectivity index (χ3v) is 4.02. The predicted octanol–water partition coefficient (Wildman–Crippen LogP) is 2.26. The van der Waals surface area contributed by atoms with Crippen LogP contribution in [0.1, 0.15) is 26.3 Å². The van der Waals surface area contributed by atoms with Gasteiger partial charge in [0, 0.05) is 11.8 Å². The number of carbonyl (C=O) groups excluding carboxylic acids is 2. The largest absolute Gasteiger partial charge is 0.497 e. The van der Waals surface area contributed by atoms with E-state index in [-0.39, 0.29) is 5.56 Å². The summed E-state index contributed by atoms with van der Waals surface area (Å²) >= 11 is 0. The van der Waals surface area contributed by atoms with Gasteiger partial charge >= 0.3 is 0 Å². The summed E-state index contributed by atoms with van der Waals surface area (Å²) in [5.41, 5.74) is 1.77. The van der Waals surface area contributed by atoms with Crippen LogP contribution in [0.2, 0.25) is 0 Å². The van der Waals surface area contributed by atoms with Crippen molar-refractivity contribution in [3.05, 3.63) is 77.5 Å². The van der Waals surface area contributed by atoms with Crippen LogP contribution in [-0.4, -0.2) is 31.8 Å². The second-order valence-electron chi connectivity index (χ2n) is 5.99. The molecule has 0 atom stereocenters. The quantitative estimate of drug-likeness (QED) is 0.659. The van der Waals surface area contributed by atoms with E-state index in [1.54, 1.807) is 36.4 Å². The lowest BCUT2D eigenvalue weighted by Crippen LogP contribution is -2.19. The monoisotopic (exact) mass is 382 g/mol. The summed E-state index contributed by atoms with van der Waals surface area (Å²) in [7, 11) is 7.08. The van der Waals surface area contributed by atoms with Gasteiger partial charge in [0.15, 0.2) is 0 Å². The van der Waals surface area contributed by atoms with Crippen molar-refractivity contribution in [1.82, 2.24) is 4.98 Å². The predicted molar refractivity (Wildman–Crippen MR) is 110 cm³/mol. The first-order chi connectivity index (χ1) is 14.0. The Labute approximate surface area is 168 Å². The average molecular weight is 382 g/mol. The number of aromatic nitrogens is 1. The zero-order valence-corrected chi connectivity index (χ0v) is 15.5. The molecule has 7 nitrogen and oxygen atoms in total. The number of benzene rings is 2. The minimum Gasteiger partial charge on any atom is -0.497 e. The Kier molecular flexibility index (Phi) is 5.90. The highest BCUT2D eigenvalue weighted by molar-refractivity contribution is 6.32. The summed E-state index contributed by atoms with van der Waals surface area (Å²) in [5.74, 6) is -0.121. The first-order valence-electron chi connectivity index (χ1n) is 8.52. The molecule has 0 unspecified atom stereocenters. The third kappa shape index (κ3) is 4.79. The van der Waals surface area contributed by atoms with E-state index < -0.39 is 11.8 Å². The molecule has 2 aromatic carbocycles. The molecule has 3 aromatic rings. The van der Waals surface area contributed by atoms with Crippen LogP contribution in [0.15, 0.2) is 60.8 Å². The minimum atomic E-state index is -0.476. The molecule has 0 spiro atoms. The van der Waals surface area contributed by atoms with Crippen molar-refractivity contribution in [3.63, 3.8) is 0 Å². The molecule has 0 bridgehead atoms. The van der Waals surface area contributed by atoms with Crippen LogP contribution in [-0.2, 0) is 0 Å². The highest BCUT2D eigenvalue weighted by Crippen LogP contribution is 2.24. The van der Waals surface area contributed by atoms with Crippen LogP contribution in [0.25, 0.3) is 0 Å². The fourth-order valence-electron chi connectivity index (χ4n) is 2.50. The second-order valence-corrected chi connectivity index (χ2v) is 5.99. The molecule has 0 fully saturated rings. The Hall–Kier alpha value is -4.12. The molecule has 140 valence electrons. The van der Waals surface area contributed by atoms with Gasteiger partial charge < -0.3 is 15.4 Å². The van der Waals surface area contributed by atoms with Crippen LogP contribution in [0.5, 0.6) is 5.75 Å². The zero-order valence-electron chi connectivity index (χ0n) is 15.5. The van der Waals surface area contributed by atoms with Gasteiger partial charge in [0.1, 0.15) is 19.4 Å². The van der Waals surface area contributed by atoms with Crippen molar-refractivity contribution >= 4 is 36.6 Å². The highest BCUT2D eigenvalue weighted by atomic mass is 16.5. The molecule has 0 aliphatic rings. The third-order valence-electron chi connectivity index (χ3n) is 4.02. The molecular formula is C21H15BN4O3. The number of anilines is 2. The van der Waals surface area contributed by atoms with Gasteiger partial charge in [-0.1, -0.05) is 11.5 Å². The number of pyridine rings is 1. The summed E-state index contributed by atoms with van der Waals surface area (Å²) < 4.78 is 5.19. The molecule has 3 rings (SSSR count). The molecule has 0 aliphatic heterocycles. The van der Waals surface area contributed by atoms with Crippen molar-refractivity contribution < 1.29 is 14.3 Å². The Balaban J connectivity index is 1.86. The van der Waals surface area contributed by atoms with E-state index in [0.29, 0.717) is 33.8 Å². The number of amides is 2. The Morgan fingerprint density at radius 1 is 1.03 bits per heavy atom. The number of methoxy groups -OCH3 is 1. The molecule has 0 saturated carbocycles. The van der Waals surface area contributed by atoms with E-state index in [1.165, 1.54) is 31.5 Å². The Morgan fingerprint density at radius 2 is 1.79 bits per heavy atom. The first kappa shape index (κ1) is 19.6. The van der Waals surface area contributed by atoms with Gasteiger partial charge in [0.2, 0.25) is 0 Å². The molecule has 1 aromatic heterocycles. The van der Waals surface area contributed by atoms with Crippen LogP contribution in [0.3, 0.4) is 0 Å². The van der Waals surface area contributed by atoms with Crippen LogP contribution >= 0.6 is 0 Å². The number of rotatable bonds is 5. The normalized spacial score (nSPS) is 9.93. The van der Waals surface area contributed by atoms with E-state index in [0.717, 1.165) is 0 Å². The van der Waals surface area contributed by atoms with Crippen LogP contribution in [0.4, 0.5) is 11.5 Å². The maximum absolute atomic E-state index is 12.8. The number of ether oxygens (including phenoxy) is 1. The van der Waals surface area contributed by atoms with Crippen LogP contribution in [0, 0.1) is 11.3 Å². The maximum Gasteiger partial charge on any atom is 0.259 e. The molecule has 2 amide bonds. The van der Waals surface area contributed by atoms with Crippen molar-refractivity contribution in [2.45, 2.75) is 0 Å². The van der Waals surface area contributed by atoms with E-state index in [2.05, 4.69) is 15.6 Å². The number of carbonyl (C=O) groups is 2. The summed E-state index contributed by atoms with van der Waals surface area (Å²) in [4.78, 5) is 29.4. The summed E-state index contributed by atoms with van der Waals surface area (Å²) in [5, 5.41) is 14.2. The molecule has 29 heavy (non-hydrogen) atoms. The van der Waals surface area contributed by atoms with E-state index in [4.69, 9.17) is 17.8 Å². The van der Waals surface area contributed by atoms with E-state index in [1.807, 2.05) is 6.07 Å². The molecular weight excluding hydrogens is 367 g/mol. The number of nitrogens with one attached hydrogen (secondary N) is 2. The summed E-state index contributed by atoms with van der Waals surface area (Å²) in [6.45, 7) is 0. The number of nitrogens with zero attached hydrogens (tertiary/aromatic N) is 2. The minimum absolute atomic E-state index is 0.199. The lowest BCUT2D eigenvalue weighted by molar-refractivity contribution is 0.102. The first-order valence-corrected chi connectivity index (χ1v) is 8.52. The van der Waals surface area contributed by atoms with Crippen molar-refractivity contribution in [3.8, 4) is 11.8 Å². The molecule has 0 saturated heterocycles. The number of hydrogen-bond acceptors (Lipinski definition) is 5. The maximum atomic E-state index is 12.8. The topological polar surface area (TPSA) is 104 Å². The zero-order chi connectivity index (χ0) is 20.8. The lowest BCUT2D eigenvalue weighted by atomic mass is 9.99. The molecule has 8 heteroatoms. The second kappa shape index (κ2) is 8.72. The Bertz CT molecular complexity index is 1090. The summed E-state index contributed by atoms with van der Waals surface area (Å²) in [6, 6.07) is 16.1. The highest BCUT2D eigenvalue weighted by Gasteiger charge is 2.16. The van der Waals surface area contributed by atoms with Gasteiger partial charge in [0.25, 0.3) is 11.8 Å². The molecule has 1 heterocycles. The summed E-state index contributed by atoms with van der Waals surface area (Å²) in [6.07, 6.45) is 1.43.